The summed E-state index contributed by atoms with van der Waals surface area (Å²) < 4.78 is 0. The van der Waals surface area contributed by atoms with E-state index in [1.807, 2.05) is 20.8 Å². The minimum atomic E-state index is -1.94. The molecule has 2 rings (SSSR count). The molecule has 0 saturated carbocycles. The second-order valence-corrected chi connectivity index (χ2v) is 7.06. The van der Waals surface area contributed by atoms with Crippen molar-refractivity contribution in [3.8, 4) is 0 Å². The second kappa shape index (κ2) is 7.47. The summed E-state index contributed by atoms with van der Waals surface area (Å²) in [7, 11) is 1.29. The maximum atomic E-state index is 13.0. The first-order chi connectivity index (χ1) is 12.2. The number of urea groups is 1. The molecule has 8 heteroatoms. The third-order valence-electron chi connectivity index (χ3n) is 4.34. The van der Waals surface area contributed by atoms with Crippen LogP contribution in [0.25, 0.3) is 0 Å². The molecule has 2 aliphatic heterocycles. The Morgan fingerprint density at radius 1 is 1.12 bits per heavy atom. The van der Waals surface area contributed by atoms with E-state index in [4.69, 9.17) is 0 Å². The van der Waals surface area contributed by atoms with Crippen LogP contribution in [0.4, 0.5) is 4.79 Å². The van der Waals surface area contributed by atoms with Crippen molar-refractivity contribution < 1.29 is 19.2 Å². The molecule has 1 atom stereocenters. The zero-order chi connectivity index (χ0) is 19.6. The Morgan fingerprint density at radius 2 is 1.73 bits per heavy atom. The molecule has 0 aromatic heterocycles. The highest BCUT2D eigenvalue weighted by Gasteiger charge is 2.62. The fourth-order valence-electron chi connectivity index (χ4n) is 3.15. The molecule has 0 N–H and O–H groups in total. The van der Waals surface area contributed by atoms with Crippen molar-refractivity contribution in [3.05, 3.63) is 0 Å². The summed E-state index contributed by atoms with van der Waals surface area (Å²) in [4.78, 5) is 61.6. The van der Waals surface area contributed by atoms with Gasteiger partial charge in [0.05, 0.1) is 0 Å². The number of imide groups is 2. The van der Waals surface area contributed by atoms with Crippen molar-refractivity contribution in [1.82, 2.24) is 9.80 Å². The third-order valence-corrected chi connectivity index (χ3v) is 4.34. The molecule has 26 heavy (non-hydrogen) atoms. The lowest BCUT2D eigenvalue weighted by atomic mass is 9.90. The molecule has 0 aliphatic carbocycles. The molecule has 0 aromatic rings. The Morgan fingerprint density at radius 3 is 2.27 bits per heavy atom. The summed E-state index contributed by atoms with van der Waals surface area (Å²) in [5, 5.41) is 0. The number of aliphatic imine (C=N–C) groups is 2. The number of ketones is 1. The van der Waals surface area contributed by atoms with Crippen molar-refractivity contribution in [3.63, 3.8) is 0 Å². The van der Waals surface area contributed by atoms with E-state index in [1.54, 1.807) is 6.92 Å². The van der Waals surface area contributed by atoms with Crippen LogP contribution in [-0.2, 0) is 14.4 Å². The molecule has 0 radical (unpaired) electrons. The van der Waals surface area contributed by atoms with Gasteiger partial charge in [-0.1, -0.05) is 27.7 Å². The average molecular weight is 362 g/mol. The molecule has 142 valence electrons. The number of hydrogen-bond donors (Lipinski definition) is 0. The van der Waals surface area contributed by atoms with E-state index in [1.165, 1.54) is 7.05 Å². The van der Waals surface area contributed by atoms with E-state index in [-0.39, 0.29) is 24.5 Å². The van der Waals surface area contributed by atoms with E-state index in [0.717, 1.165) is 9.80 Å². The van der Waals surface area contributed by atoms with Gasteiger partial charge in [-0.15, -0.1) is 0 Å². The van der Waals surface area contributed by atoms with E-state index in [2.05, 4.69) is 9.98 Å². The van der Waals surface area contributed by atoms with Gasteiger partial charge in [0.25, 0.3) is 11.6 Å². The van der Waals surface area contributed by atoms with Crippen LogP contribution in [0.3, 0.4) is 0 Å². The predicted octanol–water partition coefficient (Wildman–Crippen LogP) is 2.17. The maximum Gasteiger partial charge on any atom is 0.336 e. The molecule has 2 heterocycles. The van der Waals surface area contributed by atoms with Gasteiger partial charge in [-0.3, -0.25) is 19.3 Å². The minimum absolute atomic E-state index is 0.0806. The van der Waals surface area contributed by atoms with Crippen LogP contribution in [0, 0.1) is 5.92 Å². The lowest BCUT2D eigenvalue weighted by molar-refractivity contribution is -0.142. The van der Waals surface area contributed by atoms with Crippen LogP contribution in [0.15, 0.2) is 9.98 Å². The van der Waals surface area contributed by atoms with Crippen molar-refractivity contribution in [2.75, 3.05) is 7.05 Å². The molecular weight excluding hydrogens is 336 g/mol. The van der Waals surface area contributed by atoms with Crippen LogP contribution in [0.1, 0.15) is 59.8 Å². The highest BCUT2D eigenvalue weighted by atomic mass is 16.2. The zero-order valence-corrected chi connectivity index (χ0v) is 16.0. The fourth-order valence-corrected chi connectivity index (χ4v) is 3.15. The van der Waals surface area contributed by atoms with Crippen LogP contribution in [0.2, 0.25) is 0 Å². The Labute approximate surface area is 153 Å². The van der Waals surface area contributed by atoms with Gasteiger partial charge in [0.15, 0.2) is 11.5 Å². The Kier molecular flexibility index (Phi) is 5.73. The van der Waals surface area contributed by atoms with E-state index >= 15 is 0 Å². The molecule has 1 saturated heterocycles. The van der Waals surface area contributed by atoms with Crippen molar-refractivity contribution >= 4 is 35.2 Å². The lowest BCUT2D eigenvalue weighted by Gasteiger charge is -2.42. The third kappa shape index (κ3) is 3.08. The molecular formula is C18H26N4O4. The Balaban J connectivity index is 2.68. The fraction of sp³-hybridized carbons (Fsp3) is 0.667. The zero-order valence-electron chi connectivity index (χ0n) is 16.0. The summed E-state index contributed by atoms with van der Waals surface area (Å²) in [6.45, 7) is 7.54. The van der Waals surface area contributed by atoms with E-state index in [9.17, 15) is 19.2 Å². The molecule has 0 spiro atoms. The molecule has 0 aromatic carbocycles. The van der Waals surface area contributed by atoms with Crippen molar-refractivity contribution in [1.29, 1.82) is 0 Å². The van der Waals surface area contributed by atoms with Gasteiger partial charge in [-0.25, -0.2) is 19.7 Å². The molecule has 1 unspecified atom stereocenters. The smallest absolute Gasteiger partial charge is 0.294 e. The number of carbonyl (C=O) groups excluding carboxylic acids is 4. The van der Waals surface area contributed by atoms with Crippen LogP contribution >= 0.6 is 0 Å². The number of carbonyl (C=O) groups is 4. The van der Waals surface area contributed by atoms with Gasteiger partial charge in [0.2, 0.25) is 5.91 Å². The second-order valence-electron chi connectivity index (χ2n) is 7.06. The standard InChI is InChI=1S/C18H26N4O4/c1-6-8-12(23)18-15(19-13(20-18)10-11(3)4)16(25)21(5)17(26)22(18)14(24)9-7-2/h11H,6-10H2,1-5H3. The molecule has 0 bridgehead atoms. The first-order valence-electron chi connectivity index (χ1n) is 9.06. The average Bonchev–Trinajstić information content (AvgIpc) is 2.92. The molecule has 2 aliphatic rings. The summed E-state index contributed by atoms with van der Waals surface area (Å²) in [6, 6.07) is -0.827. The maximum absolute atomic E-state index is 13.0. The first kappa shape index (κ1) is 19.9. The predicted molar refractivity (Wildman–Crippen MR) is 96.9 cm³/mol. The normalized spacial score (nSPS) is 22.5. The Hall–Kier alpha value is -2.38. The van der Waals surface area contributed by atoms with Crippen molar-refractivity contribution in [2.45, 2.75) is 65.5 Å². The number of hydrogen-bond acceptors (Lipinski definition) is 6. The van der Waals surface area contributed by atoms with E-state index < -0.39 is 29.3 Å². The van der Waals surface area contributed by atoms with Crippen molar-refractivity contribution in [2.24, 2.45) is 15.9 Å². The van der Waals surface area contributed by atoms with Gasteiger partial charge in [0.1, 0.15) is 5.84 Å². The highest BCUT2D eigenvalue weighted by Crippen LogP contribution is 2.35. The summed E-state index contributed by atoms with van der Waals surface area (Å²) in [5.41, 5.74) is -2.08. The number of rotatable bonds is 7. The summed E-state index contributed by atoms with van der Waals surface area (Å²) in [6.07, 6.45) is 1.64. The Bertz CT molecular complexity index is 710. The SMILES string of the molecule is CCCC(=O)N1C(=O)N(C)C(=O)C2=NC(CC(C)C)=NC21C(=O)CCC. The molecule has 8 nitrogen and oxygen atoms in total. The highest BCUT2D eigenvalue weighted by molar-refractivity contribution is 6.53. The largest absolute Gasteiger partial charge is 0.336 e. The number of amides is 4. The molecule has 4 amide bonds. The quantitative estimate of drug-likeness (QED) is 0.693. The number of Topliss-reactive ketones (excluding diaryl/α,β-unsaturated/α-hetero) is 1. The molecule has 1 fully saturated rings. The number of amidine groups is 1. The van der Waals surface area contributed by atoms with Gasteiger partial charge in [-0.2, -0.15) is 0 Å². The van der Waals surface area contributed by atoms with Gasteiger partial charge in [0, 0.05) is 26.3 Å². The minimum Gasteiger partial charge on any atom is -0.294 e. The van der Waals surface area contributed by atoms with Gasteiger partial charge < -0.3 is 0 Å². The lowest BCUT2D eigenvalue weighted by Crippen LogP contribution is -2.71. The topological polar surface area (TPSA) is 99.5 Å². The van der Waals surface area contributed by atoms with E-state index in [0.29, 0.717) is 25.1 Å². The summed E-state index contributed by atoms with van der Waals surface area (Å²) in [5.74, 6) is -1.13. The first-order valence-corrected chi connectivity index (χ1v) is 9.06. The van der Waals surface area contributed by atoms with Crippen LogP contribution in [-0.4, -0.2) is 57.7 Å². The summed E-state index contributed by atoms with van der Waals surface area (Å²) >= 11 is 0. The number of nitrogens with zero attached hydrogens (tertiary/aromatic N) is 4. The van der Waals surface area contributed by atoms with Crippen LogP contribution in [0.5, 0.6) is 0 Å². The number of fused-ring (bicyclic) bond motifs is 1. The monoisotopic (exact) mass is 362 g/mol. The van der Waals surface area contributed by atoms with Gasteiger partial charge in [-0.05, 0) is 18.8 Å². The van der Waals surface area contributed by atoms with Gasteiger partial charge >= 0.3 is 6.03 Å². The van der Waals surface area contributed by atoms with Crippen LogP contribution < -0.4 is 0 Å².